The van der Waals surface area contributed by atoms with Crippen LogP contribution in [-0.4, -0.2) is 5.11 Å². The van der Waals surface area contributed by atoms with Gasteiger partial charge >= 0.3 is 0 Å². The number of aromatic hydroxyl groups is 1. The average Bonchev–Trinajstić information content (AvgIpc) is 2.39. The zero-order chi connectivity index (χ0) is 13.0. The maximum absolute atomic E-state index is 9.71. The number of rotatable bonds is 4. The predicted octanol–water partition coefficient (Wildman–Crippen LogP) is 4.58. The fraction of sp³-hybridized carbons (Fsp3) is 0.200. The molecule has 3 heteroatoms. The molecule has 0 aliphatic heterocycles. The summed E-state index contributed by atoms with van der Waals surface area (Å²) >= 11 is 6.16. The lowest BCUT2D eigenvalue weighted by atomic mass is 10.1. The van der Waals surface area contributed by atoms with E-state index in [2.05, 4.69) is 0 Å². The van der Waals surface area contributed by atoms with Gasteiger partial charge in [0.1, 0.15) is 6.10 Å². The lowest BCUT2D eigenvalue weighted by molar-refractivity contribution is 0.193. The van der Waals surface area contributed by atoms with Crippen LogP contribution >= 0.6 is 11.6 Å². The first-order chi connectivity index (χ1) is 8.72. The van der Waals surface area contributed by atoms with Crippen LogP contribution in [0.5, 0.6) is 11.5 Å². The smallest absolute Gasteiger partial charge is 0.161 e. The van der Waals surface area contributed by atoms with Gasteiger partial charge in [0, 0.05) is 10.6 Å². The average molecular weight is 263 g/mol. The van der Waals surface area contributed by atoms with Crippen LogP contribution < -0.4 is 4.74 Å². The van der Waals surface area contributed by atoms with Crippen LogP contribution in [0.4, 0.5) is 0 Å². The third-order valence-corrected chi connectivity index (χ3v) is 3.10. The zero-order valence-corrected chi connectivity index (χ0v) is 10.9. The molecule has 1 N–H and O–H groups in total. The SMILES string of the molecule is CCC(Oc1ccccc1O)c1ccccc1Cl. The quantitative estimate of drug-likeness (QED) is 0.874. The van der Waals surface area contributed by atoms with Crippen LogP contribution in [-0.2, 0) is 0 Å². The molecule has 1 unspecified atom stereocenters. The summed E-state index contributed by atoms with van der Waals surface area (Å²) in [5.41, 5.74) is 0.935. The molecular formula is C15H15ClO2. The van der Waals surface area contributed by atoms with Gasteiger partial charge in [0.15, 0.2) is 11.5 Å². The van der Waals surface area contributed by atoms with Crippen LogP contribution in [0.25, 0.3) is 0 Å². The van der Waals surface area contributed by atoms with E-state index in [0.29, 0.717) is 10.8 Å². The molecular weight excluding hydrogens is 248 g/mol. The van der Waals surface area contributed by atoms with Gasteiger partial charge in [0.05, 0.1) is 0 Å². The van der Waals surface area contributed by atoms with Gasteiger partial charge in [0.25, 0.3) is 0 Å². The van der Waals surface area contributed by atoms with Gasteiger partial charge in [-0.1, -0.05) is 48.9 Å². The molecule has 2 nitrogen and oxygen atoms in total. The first-order valence-electron chi connectivity index (χ1n) is 5.91. The molecule has 0 saturated heterocycles. The van der Waals surface area contributed by atoms with E-state index in [4.69, 9.17) is 16.3 Å². The van der Waals surface area contributed by atoms with Crippen LogP contribution in [0.3, 0.4) is 0 Å². The van der Waals surface area contributed by atoms with E-state index in [0.717, 1.165) is 12.0 Å². The summed E-state index contributed by atoms with van der Waals surface area (Å²) in [5.74, 6) is 0.618. The molecule has 0 amide bonds. The number of phenolic OH excluding ortho intramolecular Hbond substituents is 1. The van der Waals surface area contributed by atoms with Gasteiger partial charge in [-0.2, -0.15) is 0 Å². The summed E-state index contributed by atoms with van der Waals surface area (Å²) in [6.45, 7) is 2.02. The summed E-state index contributed by atoms with van der Waals surface area (Å²) in [6.07, 6.45) is 0.616. The Kier molecular flexibility index (Phi) is 4.11. The Morgan fingerprint density at radius 2 is 1.78 bits per heavy atom. The Morgan fingerprint density at radius 3 is 2.44 bits per heavy atom. The number of phenols is 1. The fourth-order valence-electron chi connectivity index (χ4n) is 1.81. The Balaban J connectivity index is 2.26. The predicted molar refractivity (Wildman–Crippen MR) is 73.2 cm³/mol. The molecule has 0 spiro atoms. The number of hydrogen-bond donors (Lipinski definition) is 1. The van der Waals surface area contributed by atoms with Crippen LogP contribution in [0.1, 0.15) is 25.0 Å². The summed E-state index contributed by atoms with van der Waals surface area (Å²) in [4.78, 5) is 0. The van der Waals surface area contributed by atoms with Crippen molar-refractivity contribution in [2.75, 3.05) is 0 Å². The molecule has 0 radical (unpaired) electrons. The van der Waals surface area contributed by atoms with Crippen molar-refractivity contribution in [3.63, 3.8) is 0 Å². The Bertz CT molecular complexity index is 525. The van der Waals surface area contributed by atoms with E-state index >= 15 is 0 Å². The molecule has 0 heterocycles. The molecule has 1 atom stereocenters. The van der Waals surface area contributed by atoms with E-state index in [1.54, 1.807) is 18.2 Å². The fourth-order valence-corrected chi connectivity index (χ4v) is 2.07. The number of para-hydroxylation sites is 2. The van der Waals surface area contributed by atoms with Gasteiger partial charge in [-0.05, 0) is 24.6 Å². The Morgan fingerprint density at radius 1 is 1.11 bits per heavy atom. The number of hydrogen-bond acceptors (Lipinski definition) is 2. The highest BCUT2D eigenvalue weighted by Gasteiger charge is 2.15. The van der Waals surface area contributed by atoms with Gasteiger partial charge in [-0.25, -0.2) is 0 Å². The summed E-state index contributed by atoms with van der Waals surface area (Å²) < 4.78 is 5.83. The van der Waals surface area contributed by atoms with E-state index in [-0.39, 0.29) is 11.9 Å². The molecule has 18 heavy (non-hydrogen) atoms. The Hall–Kier alpha value is -1.67. The number of ether oxygens (including phenoxy) is 1. The standard InChI is InChI=1S/C15H15ClO2/c1-2-14(11-7-3-4-8-12(11)16)18-15-10-6-5-9-13(15)17/h3-10,14,17H,2H2,1H3. The maximum atomic E-state index is 9.71. The van der Waals surface area contributed by atoms with Crippen LogP contribution in [0, 0.1) is 0 Å². The molecule has 2 rings (SSSR count). The van der Waals surface area contributed by atoms with Gasteiger partial charge < -0.3 is 9.84 Å². The first kappa shape index (κ1) is 12.8. The van der Waals surface area contributed by atoms with Crippen LogP contribution in [0.15, 0.2) is 48.5 Å². The van der Waals surface area contributed by atoms with Gasteiger partial charge in [0.2, 0.25) is 0 Å². The van der Waals surface area contributed by atoms with Crippen molar-refractivity contribution in [2.24, 2.45) is 0 Å². The zero-order valence-electron chi connectivity index (χ0n) is 10.1. The maximum Gasteiger partial charge on any atom is 0.161 e. The highest BCUT2D eigenvalue weighted by Crippen LogP contribution is 2.33. The van der Waals surface area contributed by atoms with E-state index in [9.17, 15) is 5.11 Å². The van der Waals surface area contributed by atoms with Crippen molar-refractivity contribution in [1.29, 1.82) is 0 Å². The van der Waals surface area contributed by atoms with Crippen molar-refractivity contribution in [1.82, 2.24) is 0 Å². The highest BCUT2D eigenvalue weighted by molar-refractivity contribution is 6.31. The minimum absolute atomic E-state index is 0.142. The summed E-state index contributed by atoms with van der Waals surface area (Å²) in [6, 6.07) is 14.5. The lowest BCUT2D eigenvalue weighted by Crippen LogP contribution is -2.07. The second-order valence-electron chi connectivity index (χ2n) is 4.00. The van der Waals surface area contributed by atoms with Gasteiger partial charge in [-0.3, -0.25) is 0 Å². The molecule has 0 fully saturated rings. The molecule has 0 aliphatic carbocycles. The first-order valence-corrected chi connectivity index (χ1v) is 6.29. The third kappa shape index (κ3) is 2.77. The molecule has 0 aliphatic rings. The number of halogens is 1. The molecule has 0 bridgehead atoms. The topological polar surface area (TPSA) is 29.5 Å². The van der Waals surface area contributed by atoms with Crippen LogP contribution in [0.2, 0.25) is 5.02 Å². The lowest BCUT2D eigenvalue weighted by Gasteiger charge is -2.19. The molecule has 2 aromatic rings. The minimum Gasteiger partial charge on any atom is -0.504 e. The third-order valence-electron chi connectivity index (χ3n) is 2.76. The van der Waals surface area contributed by atoms with E-state index < -0.39 is 0 Å². The minimum atomic E-state index is -0.160. The van der Waals surface area contributed by atoms with Crippen molar-refractivity contribution in [3.05, 3.63) is 59.1 Å². The van der Waals surface area contributed by atoms with Crippen molar-refractivity contribution >= 4 is 11.6 Å². The molecule has 0 saturated carbocycles. The van der Waals surface area contributed by atoms with E-state index in [1.165, 1.54) is 0 Å². The second-order valence-corrected chi connectivity index (χ2v) is 4.41. The van der Waals surface area contributed by atoms with Crippen molar-refractivity contribution in [3.8, 4) is 11.5 Å². The summed E-state index contributed by atoms with van der Waals surface area (Å²) in [5, 5.41) is 10.4. The molecule has 2 aromatic carbocycles. The molecule has 0 aromatic heterocycles. The Labute approximate surface area is 112 Å². The van der Waals surface area contributed by atoms with Crippen molar-refractivity contribution in [2.45, 2.75) is 19.4 Å². The normalized spacial score (nSPS) is 12.1. The van der Waals surface area contributed by atoms with Crippen molar-refractivity contribution < 1.29 is 9.84 Å². The monoisotopic (exact) mass is 262 g/mol. The number of benzene rings is 2. The second kappa shape index (κ2) is 5.78. The van der Waals surface area contributed by atoms with E-state index in [1.807, 2.05) is 37.3 Å². The van der Waals surface area contributed by atoms with Gasteiger partial charge in [-0.15, -0.1) is 0 Å². The summed E-state index contributed by atoms with van der Waals surface area (Å²) in [7, 11) is 0. The molecule has 94 valence electrons. The largest absolute Gasteiger partial charge is 0.504 e. The highest BCUT2D eigenvalue weighted by atomic mass is 35.5.